The van der Waals surface area contributed by atoms with Crippen molar-refractivity contribution in [2.75, 3.05) is 17.7 Å². The second-order valence-electron chi connectivity index (χ2n) is 7.32. The highest BCUT2D eigenvalue weighted by molar-refractivity contribution is 6.34. The molecule has 0 spiro atoms. The Morgan fingerprint density at radius 1 is 1.13 bits per heavy atom. The molecular weight excluding hydrogens is 416 g/mol. The molecule has 0 bridgehead atoms. The SMILES string of the molecule is COCc1cccc(C(=O)Nc2ccc(NC(=O)C(C)n3nc(C)cc3C)c(Cl)c2)c1. The zero-order valence-corrected chi connectivity index (χ0v) is 18.7. The van der Waals surface area contributed by atoms with Gasteiger partial charge in [-0.05, 0) is 62.7 Å². The Balaban J connectivity index is 1.68. The minimum atomic E-state index is -0.497. The van der Waals surface area contributed by atoms with E-state index in [2.05, 4.69) is 15.7 Å². The first-order valence-corrected chi connectivity index (χ1v) is 10.2. The lowest BCUT2D eigenvalue weighted by atomic mass is 10.1. The van der Waals surface area contributed by atoms with E-state index in [9.17, 15) is 9.59 Å². The molecule has 0 aliphatic carbocycles. The molecule has 8 heteroatoms. The number of nitrogens with one attached hydrogen (secondary N) is 2. The molecule has 0 aliphatic rings. The van der Waals surface area contributed by atoms with E-state index in [4.69, 9.17) is 16.3 Å². The van der Waals surface area contributed by atoms with Gasteiger partial charge in [0.15, 0.2) is 0 Å². The smallest absolute Gasteiger partial charge is 0.255 e. The quantitative estimate of drug-likeness (QED) is 0.555. The summed E-state index contributed by atoms with van der Waals surface area (Å²) in [6.07, 6.45) is 0. The maximum Gasteiger partial charge on any atom is 0.255 e. The zero-order valence-electron chi connectivity index (χ0n) is 17.9. The Kier molecular flexibility index (Phi) is 7.09. The van der Waals surface area contributed by atoms with Gasteiger partial charge in [0.1, 0.15) is 6.04 Å². The fraction of sp³-hybridized carbons (Fsp3) is 0.261. The van der Waals surface area contributed by atoms with Gasteiger partial charge in [-0.3, -0.25) is 14.3 Å². The van der Waals surface area contributed by atoms with Crippen LogP contribution in [0.4, 0.5) is 11.4 Å². The summed E-state index contributed by atoms with van der Waals surface area (Å²) in [5, 5.41) is 10.3. The summed E-state index contributed by atoms with van der Waals surface area (Å²) >= 11 is 6.35. The Hall–Kier alpha value is -3.16. The molecule has 1 heterocycles. The van der Waals surface area contributed by atoms with Crippen LogP contribution < -0.4 is 10.6 Å². The van der Waals surface area contributed by atoms with Gasteiger partial charge in [0, 0.05) is 24.1 Å². The maximum atomic E-state index is 12.6. The van der Waals surface area contributed by atoms with Crippen molar-refractivity contribution in [3.8, 4) is 0 Å². The van der Waals surface area contributed by atoms with Crippen LogP contribution in [0.25, 0.3) is 0 Å². The number of halogens is 1. The predicted molar refractivity (Wildman–Crippen MR) is 122 cm³/mol. The molecule has 0 saturated heterocycles. The lowest BCUT2D eigenvalue weighted by Gasteiger charge is -2.16. The summed E-state index contributed by atoms with van der Waals surface area (Å²) in [4.78, 5) is 25.2. The standard InChI is InChI=1S/C23H25ClN4O3/c1-14-10-15(2)28(27-14)16(3)22(29)26-21-9-8-19(12-20(21)24)25-23(30)18-7-5-6-17(11-18)13-31-4/h5-12,16H,13H2,1-4H3,(H,25,30)(H,26,29). The molecule has 2 N–H and O–H groups in total. The van der Waals surface area contributed by atoms with E-state index in [1.165, 1.54) is 0 Å². The Labute approximate surface area is 186 Å². The number of carbonyl (C=O) groups excluding carboxylic acids is 2. The van der Waals surface area contributed by atoms with Gasteiger partial charge in [-0.2, -0.15) is 5.10 Å². The third kappa shape index (κ3) is 5.51. The Morgan fingerprint density at radius 2 is 1.90 bits per heavy atom. The number of anilines is 2. The highest BCUT2D eigenvalue weighted by Crippen LogP contribution is 2.27. The number of benzene rings is 2. The van der Waals surface area contributed by atoms with E-state index in [1.54, 1.807) is 55.1 Å². The van der Waals surface area contributed by atoms with Gasteiger partial charge in [0.2, 0.25) is 5.91 Å². The second kappa shape index (κ2) is 9.76. The van der Waals surface area contributed by atoms with Crippen molar-refractivity contribution in [2.24, 2.45) is 0 Å². The molecular formula is C23H25ClN4O3. The van der Waals surface area contributed by atoms with Gasteiger partial charge in [-0.25, -0.2) is 0 Å². The highest BCUT2D eigenvalue weighted by atomic mass is 35.5. The van der Waals surface area contributed by atoms with Crippen LogP contribution in [0, 0.1) is 13.8 Å². The monoisotopic (exact) mass is 440 g/mol. The number of aryl methyl sites for hydroxylation is 2. The van der Waals surface area contributed by atoms with Crippen molar-refractivity contribution in [3.63, 3.8) is 0 Å². The Bertz CT molecular complexity index is 1110. The van der Waals surface area contributed by atoms with Gasteiger partial charge in [0.25, 0.3) is 5.91 Å². The zero-order chi connectivity index (χ0) is 22.5. The van der Waals surface area contributed by atoms with Crippen LogP contribution >= 0.6 is 11.6 Å². The number of hydrogen-bond donors (Lipinski definition) is 2. The third-order valence-electron chi connectivity index (χ3n) is 4.78. The van der Waals surface area contributed by atoms with Gasteiger partial charge >= 0.3 is 0 Å². The summed E-state index contributed by atoms with van der Waals surface area (Å²) < 4.78 is 6.78. The largest absolute Gasteiger partial charge is 0.380 e. The molecule has 1 aromatic heterocycles. The lowest BCUT2D eigenvalue weighted by molar-refractivity contribution is -0.119. The van der Waals surface area contributed by atoms with Crippen molar-refractivity contribution in [1.82, 2.24) is 9.78 Å². The van der Waals surface area contributed by atoms with Crippen molar-refractivity contribution in [2.45, 2.75) is 33.4 Å². The minimum Gasteiger partial charge on any atom is -0.380 e. The van der Waals surface area contributed by atoms with E-state index in [1.807, 2.05) is 26.0 Å². The van der Waals surface area contributed by atoms with Crippen LogP contribution in [0.2, 0.25) is 5.02 Å². The maximum absolute atomic E-state index is 12.6. The molecule has 3 aromatic rings. The fourth-order valence-corrected chi connectivity index (χ4v) is 3.48. The van der Waals surface area contributed by atoms with Gasteiger partial charge < -0.3 is 15.4 Å². The molecule has 7 nitrogen and oxygen atoms in total. The average molecular weight is 441 g/mol. The molecule has 162 valence electrons. The molecule has 1 atom stereocenters. The van der Waals surface area contributed by atoms with Crippen molar-refractivity contribution in [3.05, 3.63) is 76.1 Å². The average Bonchev–Trinajstić information content (AvgIpc) is 3.07. The number of aromatic nitrogens is 2. The van der Waals surface area contributed by atoms with E-state index in [0.29, 0.717) is 28.6 Å². The lowest BCUT2D eigenvalue weighted by Crippen LogP contribution is -2.25. The normalized spacial score (nSPS) is 11.8. The van der Waals surface area contributed by atoms with Gasteiger partial charge in [-0.1, -0.05) is 23.7 Å². The number of nitrogens with zero attached hydrogens (tertiary/aromatic N) is 2. The number of carbonyl (C=O) groups is 2. The number of hydrogen-bond acceptors (Lipinski definition) is 4. The molecule has 2 amide bonds. The molecule has 0 radical (unpaired) electrons. The fourth-order valence-electron chi connectivity index (χ4n) is 3.25. The van der Waals surface area contributed by atoms with Crippen LogP contribution in [0.3, 0.4) is 0 Å². The van der Waals surface area contributed by atoms with Crippen molar-refractivity contribution >= 4 is 34.8 Å². The first-order chi connectivity index (χ1) is 14.8. The Morgan fingerprint density at radius 3 is 2.55 bits per heavy atom. The van der Waals surface area contributed by atoms with Crippen LogP contribution in [-0.4, -0.2) is 28.7 Å². The predicted octanol–water partition coefficient (Wildman–Crippen LogP) is 4.75. The van der Waals surface area contributed by atoms with Crippen molar-refractivity contribution in [1.29, 1.82) is 0 Å². The molecule has 0 fully saturated rings. The number of amides is 2. The van der Waals surface area contributed by atoms with Gasteiger partial charge in [-0.15, -0.1) is 0 Å². The number of rotatable bonds is 7. The van der Waals surface area contributed by atoms with E-state index >= 15 is 0 Å². The molecule has 31 heavy (non-hydrogen) atoms. The summed E-state index contributed by atoms with van der Waals surface area (Å²) in [6.45, 7) is 5.98. The summed E-state index contributed by atoms with van der Waals surface area (Å²) in [5.74, 6) is -0.496. The third-order valence-corrected chi connectivity index (χ3v) is 5.09. The molecule has 0 saturated carbocycles. The van der Waals surface area contributed by atoms with Crippen LogP contribution in [-0.2, 0) is 16.1 Å². The first kappa shape index (κ1) is 22.5. The number of methoxy groups -OCH3 is 1. The van der Waals surface area contributed by atoms with Crippen LogP contribution in [0.1, 0.15) is 40.3 Å². The molecule has 1 unspecified atom stereocenters. The van der Waals surface area contributed by atoms with Crippen LogP contribution in [0.5, 0.6) is 0 Å². The molecule has 0 aliphatic heterocycles. The van der Waals surface area contributed by atoms with E-state index < -0.39 is 6.04 Å². The van der Waals surface area contributed by atoms with E-state index in [0.717, 1.165) is 17.0 Å². The highest BCUT2D eigenvalue weighted by Gasteiger charge is 2.19. The molecule has 3 rings (SSSR count). The molecule has 2 aromatic carbocycles. The van der Waals surface area contributed by atoms with Gasteiger partial charge in [0.05, 0.1) is 23.0 Å². The van der Waals surface area contributed by atoms with E-state index in [-0.39, 0.29) is 11.8 Å². The summed E-state index contributed by atoms with van der Waals surface area (Å²) in [7, 11) is 1.60. The first-order valence-electron chi connectivity index (χ1n) is 9.81. The minimum absolute atomic E-state index is 0.236. The number of ether oxygens (including phenoxy) is 1. The topological polar surface area (TPSA) is 85.3 Å². The summed E-state index contributed by atoms with van der Waals surface area (Å²) in [6, 6.07) is 13.6. The van der Waals surface area contributed by atoms with Crippen molar-refractivity contribution < 1.29 is 14.3 Å². The summed E-state index contributed by atoms with van der Waals surface area (Å²) in [5.41, 5.74) is 4.16. The van der Waals surface area contributed by atoms with Crippen LogP contribution in [0.15, 0.2) is 48.5 Å². The second-order valence-corrected chi connectivity index (χ2v) is 7.73.